The van der Waals surface area contributed by atoms with Gasteiger partial charge >= 0.3 is 0 Å². The summed E-state index contributed by atoms with van der Waals surface area (Å²) in [5.74, 6) is 1.78. The van der Waals surface area contributed by atoms with E-state index in [1.807, 2.05) is 30.7 Å². The van der Waals surface area contributed by atoms with Crippen molar-refractivity contribution in [3.63, 3.8) is 0 Å². The van der Waals surface area contributed by atoms with E-state index in [1.54, 1.807) is 7.11 Å². The molecular weight excluding hydrogens is 330 g/mol. The van der Waals surface area contributed by atoms with E-state index in [-0.39, 0.29) is 18.4 Å². The van der Waals surface area contributed by atoms with Crippen molar-refractivity contribution in [1.29, 1.82) is 0 Å². The molecular formula is C20H39N3O3. The highest BCUT2D eigenvalue weighted by atomic mass is 16.5. The van der Waals surface area contributed by atoms with Crippen molar-refractivity contribution in [3.05, 3.63) is 0 Å². The van der Waals surface area contributed by atoms with Gasteiger partial charge in [-0.05, 0) is 51.1 Å². The Bertz CT molecular complexity index is 415. The molecule has 6 heteroatoms. The number of ether oxygens (including phenoxy) is 1. The summed E-state index contributed by atoms with van der Waals surface area (Å²) in [5, 5.41) is 0. The summed E-state index contributed by atoms with van der Waals surface area (Å²) >= 11 is 0. The van der Waals surface area contributed by atoms with Crippen LogP contribution in [0.1, 0.15) is 46.5 Å². The number of rotatable bonds is 6. The van der Waals surface area contributed by atoms with E-state index in [4.69, 9.17) is 4.74 Å². The Hall–Kier alpha value is -1.14. The molecule has 0 spiro atoms. The van der Waals surface area contributed by atoms with Gasteiger partial charge in [0.15, 0.2) is 0 Å². The lowest BCUT2D eigenvalue weighted by Crippen LogP contribution is -2.46. The summed E-state index contributed by atoms with van der Waals surface area (Å²) in [6.07, 6.45) is 4.40. The lowest BCUT2D eigenvalue weighted by Gasteiger charge is -2.40. The summed E-state index contributed by atoms with van der Waals surface area (Å²) in [5.41, 5.74) is 0. The van der Waals surface area contributed by atoms with Crippen LogP contribution in [0.25, 0.3) is 0 Å². The SMILES string of the molecule is CC.CCN(C)CC(=O)N1CCC(C2CCN(C(=O)COC)CC2)CC1. The smallest absolute Gasteiger partial charge is 0.248 e. The average molecular weight is 370 g/mol. The van der Waals surface area contributed by atoms with Gasteiger partial charge in [-0.15, -0.1) is 0 Å². The van der Waals surface area contributed by atoms with Crippen molar-refractivity contribution >= 4 is 11.8 Å². The van der Waals surface area contributed by atoms with Gasteiger partial charge in [0.1, 0.15) is 6.61 Å². The first-order valence-corrected chi connectivity index (χ1v) is 10.3. The van der Waals surface area contributed by atoms with Gasteiger partial charge in [0.2, 0.25) is 11.8 Å². The lowest BCUT2D eigenvalue weighted by molar-refractivity contribution is -0.137. The van der Waals surface area contributed by atoms with Crippen molar-refractivity contribution in [3.8, 4) is 0 Å². The highest BCUT2D eigenvalue weighted by Gasteiger charge is 2.31. The van der Waals surface area contributed by atoms with Crippen LogP contribution >= 0.6 is 0 Å². The largest absolute Gasteiger partial charge is 0.375 e. The Labute approximate surface area is 159 Å². The number of nitrogens with zero attached hydrogens (tertiary/aromatic N) is 3. The standard InChI is InChI=1S/C18H33N3O3.C2H6/c1-4-19(2)13-17(22)20-9-5-15(6-10-20)16-7-11-21(12-8-16)18(23)14-24-3;1-2/h15-16H,4-14H2,1-3H3;1-2H3. The van der Waals surface area contributed by atoms with Crippen LogP contribution in [0.3, 0.4) is 0 Å². The molecule has 0 aromatic rings. The van der Waals surface area contributed by atoms with Crippen LogP contribution in [0, 0.1) is 11.8 Å². The molecule has 0 bridgehead atoms. The summed E-state index contributed by atoms with van der Waals surface area (Å²) in [7, 11) is 3.56. The Morgan fingerprint density at radius 1 is 0.923 bits per heavy atom. The number of hydrogen-bond acceptors (Lipinski definition) is 4. The van der Waals surface area contributed by atoms with E-state index >= 15 is 0 Å². The second kappa shape index (κ2) is 12.3. The minimum absolute atomic E-state index is 0.108. The normalized spacial score (nSPS) is 19.3. The third-order valence-corrected chi connectivity index (χ3v) is 5.66. The quantitative estimate of drug-likeness (QED) is 0.719. The third kappa shape index (κ3) is 6.88. The van der Waals surface area contributed by atoms with Crippen molar-refractivity contribution in [1.82, 2.24) is 14.7 Å². The van der Waals surface area contributed by atoms with Gasteiger partial charge in [0.05, 0.1) is 6.54 Å². The van der Waals surface area contributed by atoms with Gasteiger partial charge in [-0.1, -0.05) is 20.8 Å². The first kappa shape index (κ1) is 22.9. The summed E-state index contributed by atoms with van der Waals surface area (Å²) < 4.78 is 4.94. The zero-order chi connectivity index (χ0) is 19.5. The molecule has 0 aliphatic carbocycles. The predicted octanol–water partition coefficient (Wildman–Crippen LogP) is 2.09. The van der Waals surface area contributed by atoms with Crippen LogP contribution in [0.15, 0.2) is 0 Å². The summed E-state index contributed by atoms with van der Waals surface area (Å²) in [6.45, 7) is 11.2. The molecule has 0 atom stereocenters. The molecule has 2 aliphatic heterocycles. The van der Waals surface area contributed by atoms with E-state index in [0.717, 1.165) is 58.4 Å². The van der Waals surface area contributed by atoms with Gasteiger partial charge in [-0.3, -0.25) is 14.5 Å². The molecule has 2 amide bonds. The molecule has 0 aromatic heterocycles. The lowest BCUT2D eigenvalue weighted by atomic mass is 9.79. The fraction of sp³-hybridized carbons (Fsp3) is 0.900. The van der Waals surface area contributed by atoms with Gasteiger partial charge < -0.3 is 14.5 Å². The Kier molecular flexibility index (Phi) is 10.8. The number of likely N-dealkylation sites (N-methyl/N-ethyl adjacent to an activating group) is 1. The van der Waals surface area contributed by atoms with Crippen molar-refractivity contribution in [2.45, 2.75) is 46.5 Å². The maximum absolute atomic E-state index is 12.3. The van der Waals surface area contributed by atoms with Crippen LogP contribution in [0.4, 0.5) is 0 Å². The van der Waals surface area contributed by atoms with E-state index in [9.17, 15) is 9.59 Å². The topological polar surface area (TPSA) is 53.1 Å². The molecule has 2 rings (SSSR count). The molecule has 2 fully saturated rings. The first-order chi connectivity index (χ1) is 12.5. The van der Waals surface area contributed by atoms with E-state index in [0.29, 0.717) is 18.4 Å². The second-order valence-electron chi connectivity index (χ2n) is 7.20. The Morgan fingerprint density at radius 2 is 1.35 bits per heavy atom. The number of likely N-dealkylation sites (tertiary alicyclic amines) is 2. The number of carbonyl (C=O) groups excluding carboxylic acids is 2. The molecule has 2 saturated heterocycles. The average Bonchev–Trinajstić information content (AvgIpc) is 2.69. The number of carbonyl (C=O) groups is 2. The fourth-order valence-corrected chi connectivity index (χ4v) is 3.90. The molecule has 2 heterocycles. The Morgan fingerprint density at radius 3 is 1.73 bits per heavy atom. The Balaban J connectivity index is 0.00000163. The molecule has 0 unspecified atom stereocenters. The molecule has 2 aliphatic rings. The van der Waals surface area contributed by atoms with Gasteiger partial charge in [0.25, 0.3) is 0 Å². The van der Waals surface area contributed by atoms with Gasteiger partial charge in [0, 0.05) is 33.3 Å². The van der Waals surface area contributed by atoms with E-state index in [2.05, 4.69) is 11.8 Å². The molecule has 0 N–H and O–H groups in total. The summed E-state index contributed by atoms with van der Waals surface area (Å²) in [4.78, 5) is 30.1. The number of amides is 2. The zero-order valence-corrected chi connectivity index (χ0v) is 17.5. The molecule has 0 aromatic carbocycles. The molecule has 0 saturated carbocycles. The van der Waals surface area contributed by atoms with Crippen LogP contribution in [-0.2, 0) is 14.3 Å². The van der Waals surface area contributed by atoms with Crippen LogP contribution < -0.4 is 0 Å². The predicted molar refractivity (Wildman–Crippen MR) is 105 cm³/mol. The van der Waals surface area contributed by atoms with E-state index in [1.165, 1.54) is 0 Å². The maximum Gasteiger partial charge on any atom is 0.248 e. The van der Waals surface area contributed by atoms with Crippen LogP contribution in [-0.4, -0.2) is 86.5 Å². The highest BCUT2D eigenvalue weighted by molar-refractivity contribution is 5.78. The van der Waals surface area contributed by atoms with E-state index < -0.39 is 0 Å². The minimum Gasteiger partial charge on any atom is -0.375 e. The van der Waals surface area contributed by atoms with Gasteiger partial charge in [-0.2, -0.15) is 0 Å². The number of piperidine rings is 2. The highest BCUT2D eigenvalue weighted by Crippen LogP contribution is 2.32. The third-order valence-electron chi connectivity index (χ3n) is 5.66. The van der Waals surface area contributed by atoms with Crippen molar-refractivity contribution in [2.75, 3.05) is 60.0 Å². The maximum atomic E-state index is 12.3. The minimum atomic E-state index is 0.108. The zero-order valence-electron chi connectivity index (χ0n) is 17.5. The van der Waals surface area contributed by atoms with Crippen molar-refractivity contribution in [2.24, 2.45) is 11.8 Å². The monoisotopic (exact) mass is 369 g/mol. The molecule has 26 heavy (non-hydrogen) atoms. The number of methoxy groups -OCH3 is 1. The van der Waals surface area contributed by atoms with Gasteiger partial charge in [-0.25, -0.2) is 0 Å². The van der Waals surface area contributed by atoms with Crippen LogP contribution in [0.5, 0.6) is 0 Å². The molecule has 152 valence electrons. The number of hydrogen-bond donors (Lipinski definition) is 0. The second-order valence-corrected chi connectivity index (χ2v) is 7.20. The van der Waals surface area contributed by atoms with Crippen LogP contribution in [0.2, 0.25) is 0 Å². The first-order valence-electron chi connectivity index (χ1n) is 10.3. The summed E-state index contributed by atoms with van der Waals surface area (Å²) in [6, 6.07) is 0. The molecule has 0 radical (unpaired) electrons. The fourth-order valence-electron chi connectivity index (χ4n) is 3.90. The van der Waals surface area contributed by atoms with Crippen molar-refractivity contribution < 1.29 is 14.3 Å². The molecule has 6 nitrogen and oxygen atoms in total.